The van der Waals surface area contributed by atoms with Crippen LogP contribution in [0.4, 0.5) is 0 Å². The molecular formula is C24H40O19. The molecule has 3 heterocycles. The summed E-state index contributed by atoms with van der Waals surface area (Å²) in [7, 11) is 0. The van der Waals surface area contributed by atoms with Crippen LogP contribution in [0.5, 0.6) is 0 Å². The van der Waals surface area contributed by atoms with Crippen LogP contribution in [0.2, 0.25) is 0 Å². The molecule has 3 rings (SSSR count). The molecule has 0 spiro atoms. The van der Waals surface area contributed by atoms with Crippen LogP contribution in [0.25, 0.3) is 0 Å². The number of hydrogen-bond acceptors (Lipinski definition) is 18. The fraction of sp³-hybridized carbons (Fsp3) is 0.917. The van der Waals surface area contributed by atoms with Crippen molar-refractivity contribution in [3.05, 3.63) is 0 Å². The number of ketones is 1. The molecule has 43 heavy (non-hydrogen) atoms. The minimum atomic E-state index is -2.79. The lowest BCUT2D eigenvalue weighted by Crippen LogP contribution is -2.65. The van der Waals surface area contributed by atoms with E-state index in [1.165, 1.54) is 0 Å². The predicted octanol–water partition coefficient (Wildman–Crippen LogP) is -7.13. The highest BCUT2D eigenvalue weighted by atomic mass is 16.8. The predicted molar refractivity (Wildman–Crippen MR) is 131 cm³/mol. The van der Waals surface area contributed by atoms with Gasteiger partial charge in [0.25, 0.3) is 5.79 Å². The highest BCUT2D eigenvalue weighted by Crippen LogP contribution is 2.39. The summed E-state index contributed by atoms with van der Waals surface area (Å²) in [6.07, 6.45) is -26.9. The maximum absolute atomic E-state index is 12.4. The number of aliphatic hydroxyl groups excluding tert-OH is 11. The Morgan fingerprint density at radius 1 is 0.907 bits per heavy atom. The molecule has 0 amide bonds. The maximum Gasteiger partial charge on any atom is 0.364 e. The van der Waals surface area contributed by atoms with E-state index < -0.39 is 142 Å². The fourth-order valence-electron chi connectivity index (χ4n) is 5.30. The van der Waals surface area contributed by atoms with Gasteiger partial charge in [-0.1, -0.05) is 0 Å². The van der Waals surface area contributed by atoms with E-state index in [1.807, 2.05) is 0 Å². The summed E-state index contributed by atoms with van der Waals surface area (Å²) in [5, 5.41) is 121. The van der Waals surface area contributed by atoms with Gasteiger partial charge < -0.3 is 89.8 Å². The van der Waals surface area contributed by atoms with Crippen LogP contribution in [0.1, 0.15) is 19.8 Å². The highest BCUT2D eigenvalue weighted by Gasteiger charge is 2.57. The summed E-state index contributed by atoms with van der Waals surface area (Å²) in [6.45, 7) is -1.60. The van der Waals surface area contributed by atoms with E-state index >= 15 is 0 Å². The first-order valence-electron chi connectivity index (χ1n) is 13.4. The van der Waals surface area contributed by atoms with Crippen molar-refractivity contribution < 1.29 is 94.6 Å². The number of rotatable bonds is 12. The van der Waals surface area contributed by atoms with Gasteiger partial charge in [0.2, 0.25) is 0 Å². The molecule has 12 N–H and O–H groups in total. The van der Waals surface area contributed by atoms with Gasteiger partial charge in [0.1, 0.15) is 66.8 Å². The molecule has 19 nitrogen and oxygen atoms in total. The van der Waals surface area contributed by atoms with Gasteiger partial charge in [-0.25, -0.2) is 4.79 Å². The van der Waals surface area contributed by atoms with E-state index in [2.05, 4.69) is 0 Å². The molecule has 0 aromatic rings. The Kier molecular flexibility index (Phi) is 12.3. The molecule has 0 bridgehead atoms. The summed E-state index contributed by atoms with van der Waals surface area (Å²) in [6, 6.07) is 0. The van der Waals surface area contributed by atoms with Crippen LogP contribution in [-0.2, 0) is 33.3 Å². The van der Waals surface area contributed by atoms with E-state index in [-0.39, 0.29) is 0 Å². The number of carbonyl (C=O) groups is 2. The number of carboxylic acids is 1. The van der Waals surface area contributed by atoms with Crippen molar-refractivity contribution >= 4 is 11.8 Å². The lowest BCUT2D eigenvalue weighted by molar-refractivity contribution is -0.365. The fourth-order valence-corrected chi connectivity index (χ4v) is 5.30. The van der Waals surface area contributed by atoms with Crippen LogP contribution in [0, 0.1) is 5.92 Å². The highest BCUT2D eigenvalue weighted by molar-refractivity contribution is 5.77. The normalized spacial score (nSPS) is 45.3. The van der Waals surface area contributed by atoms with Gasteiger partial charge >= 0.3 is 5.97 Å². The summed E-state index contributed by atoms with van der Waals surface area (Å²) in [4.78, 5) is 24.2. The first-order valence-corrected chi connectivity index (χ1v) is 13.4. The van der Waals surface area contributed by atoms with Gasteiger partial charge in [-0.05, 0) is 6.92 Å². The van der Waals surface area contributed by atoms with Crippen molar-refractivity contribution in [1.29, 1.82) is 0 Å². The van der Waals surface area contributed by atoms with E-state index in [4.69, 9.17) is 23.7 Å². The third-order valence-electron chi connectivity index (χ3n) is 7.77. The zero-order chi connectivity index (χ0) is 32.4. The van der Waals surface area contributed by atoms with Crippen molar-refractivity contribution in [2.75, 3.05) is 19.8 Å². The van der Waals surface area contributed by atoms with Gasteiger partial charge in [0, 0.05) is 18.8 Å². The molecule has 0 aromatic carbocycles. The van der Waals surface area contributed by atoms with Gasteiger partial charge in [0.15, 0.2) is 12.6 Å². The Morgan fingerprint density at radius 3 is 2.12 bits per heavy atom. The average molecular weight is 633 g/mol. The summed E-state index contributed by atoms with van der Waals surface area (Å²) in [5.74, 6) is -6.33. The first kappa shape index (κ1) is 36.0. The lowest BCUT2D eigenvalue weighted by Gasteiger charge is -2.48. The number of aliphatic carboxylic acids is 1. The molecule has 0 saturated carbocycles. The quantitative estimate of drug-likeness (QED) is 0.0950. The lowest BCUT2D eigenvalue weighted by atomic mass is 9.80. The molecule has 3 fully saturated rings. The third kappa shape index (κ3) is 7.66. The van der Waals surface area contributed by atoms with Crippen molar-refractivity contribution in [2.45, 2.75) is 111 Å². The molecule has 19 heteroatoms. The summed E-state index contributed by atoms with van der Waals surface area (Å²) < 4.78 is 26.8. The number of ether oxygens (including phenoxy) is 5. The molecular weight excluding hydrogens is 592 g/mol. The number of hydrogen-bond donors (Lipinski definition) is 12. The smallest absolute Gasteiger partial charge is 0.364 e. The molecule has 16 atom stereocenters. The molecule has 0 aliphatic carbocycles. The number of aliphatic hydroxyl groups is 11. The Bertz CT molecular complexity index is 936. The Labute approximate surface area is 244 Å². The van der Waals surface area contributed by atoms with Crippen LogP contribution >= 0.6 is 0 Å². The number of Topliss-reactive ketones (excluding diaryl/α,β-unsaturated/α-hetero) is 1. The van der Waals surface area contributed by atoms with Gasteiger partial charge in [-0.15, -0.1) is 0 Å². The SMILES string of the molecule is CC(=O)C[C@H]1C([C@H](O)[C@H](O)CO)O[C@@](OCC2O[C@@H](O[C@@H]3C(CO)O[C@@H](O)C(O)[C@H]3O)C(O)[C@@H](O)[C@H]2O)(C(=O)O)C[C@H]1O. The third-order valence-corrected chi connectivity index (χ3v) is 7.77. The molecule has 0 radical (unpaired) electrons. The van der Waals surface area contributed by atoms with Crippen molar-refractivity contribution in [1.82, 2.24) is 0 Å². The topological polar surface area (TPSA) is 323 Å². The second kappa shape index (κ2) is 14.7. The van der Waals surface area contributed by atoms with Crippen LogP contribution < -0.4 is 0 Å². The largest absolute Gasteiger partial charge is 0.477 e. The van der Waals surface area contributed by atoms with Crippen molar-refractivity contribution in [2.24, 2.45) is 5.92 Å². The van der Waals surface area contributed by atoms with Crippen LogP contribution in [-0.4, -0.2) is 184 Å². The van der Waals surface area contributed by atoms with E-state index in [0.717, 1.165) is 6.92 Å². The van der Waals surface area contributed by atoms with E-state index in [0.29, 0.717) is 0 Å². The molecule has 3 aliphatic heterocycles. The molecule has 250 valence electrons. The number of carboxylic acid groups (broad SMARTS) is 1. The van der Waals surface area contributed by atoms with Gasteiger partial charge in [-0.2, -0.15) is 0 Å². The van der Waals surface area contributed by atoms with Crippen LogP contribution in [0.3, 0.4) is 0 Å². The average Bonchev–Trinajstić information content (AvgIpc) is 2.96. The van der Waals surface area contributed by atoms with E-state index in [9.17, 15) is 70.9 Å². The van der Waals surface area contributed by atoms with E-state index in [1.54, 1.807) is 0 Å². The summed E-state index contributed by atoms with van der Waals surface area (Å²) in [5.41, 5.74) is 0. The molecule has 3 saturated heterocycles. The first-order chi connectivity index (χ1) is 20.1. The minimum absolute atomic E-state index is 0.401. The van der Waals surface area contributed by atoms with Crippen molar-refractivity contribution in [3.8, 4) is 0 Å². The zero-order valence-electron chi connectivity index (χ0n) is 22.9. The standard InChI is InChI=1S/C24H40O19/c1-7(27)2-8-9(28)3-24(23(37)38,43-19(8)13(30)10(29)4-25)39-6-12-14(31)15(32)18(35)22(41-12)42-20-11(5-26)40-21(36)17(34)16(20)33/h8-22,25-26,28-36H,2-6H2,1H3,(H,37,38)/t8-,9-,10-,11?,12?,13-,14+,15+,16-,17?,18?,19?,20-,21-,22+,24-/m1/s1. The molecule has 3 aliphatic rings. The zero-order valence-corrected chi connectivity index (χ0v) is 22.9. The number of carbonyl (C=O) groups excluding carboxylic acids is 1. The second-order valence-electron chi connectivity index (χ2n) is 10.9. The molecule has 5 unspecified atom stereocenters. The Morgan fingerprint density at radius 2 is 1.56 bits per heavy atom. The van der Waals surface area contributed by atoms with Crippen molar-refractivity contribution in [3.63, 3.8) is 0 Å². The van der Waals surface area contributed by atoms with Crippen LogP contribution in [0.15, 0.2) is 0 Å². The van der Waals surface area contributed by atoms with Gasteiger partial charge in [-0.3, -0.25) is 0 Å². The monoisotopic (exact) mass is 632 g/mol. The second-order valence-corrected chi connectivity index (χ2v) is 10.9. The Balaban J connectivity index is 1.82. The summed E-state index contributed by atoms with van der Waals surface area (Å²) >= 11 is 0. The Hall–Kier alpha value is -1.50. The maximum atomic E-state index is 12.4. The molecule has 0 aromatic heterocycles. The van der Waals surface area contributed by atoms with Gasteiger partial charge in [0.05, 0.1) is 32.0 Å². The minimum Gasteiger partial charge on any atom is -0.477 e.